The Kier molecular flexibility index (Phi) is 4.48. The second-order valence-electron chi connectivity index (χ2n) is 5.12. The van der Waals surface area contributed by atoms with E-state index in [1.807, 2.05) is 31.2 Å². The predicted molar refractivity (Wildman–Crippen MR) is 79.6 cm³/mol. The molecule has 108 valence electrons. The van der Waals surface area contributed by atoms with Crippen LogP contribution in [0.3, 0.4) is 0 Å². The van der Waals surface area contributed by atoms with Gasteiger partial charge in [0.2, 0.25) is 5.91 Å². The smallest absolute Gasteiger partial charge is 0.305 e. The van der Waals surface area contributed by atoms with Crippen LogP contribution in [0, 0.1) is 0 Å². The van der Waals surface area contributed by atoms with E-state index in [1.54, 1.807) is 4.90 Å². The van der Waals surface area contributed by atoms with Gasteiger partial charge >= 0.3 is 5.97 Å². The Morgan fingerprint density at radius 2 is 2.10 bits per heavy atom. The van der Waals surface area contributed by atoms with Crippen LogP contribution in [0.4, 0.5) is 0 Å². The van der Waals surface area contributed by atoms with Crippen LogP contribution in [0.5, 0.6) is 0 Å². The summed E-state index contributed by atoms with van der Waals surface area (Å²) in [5, 5.41) is 8.77. The average Bonchev–Trinajstić information content (AvgIpc) is 3.20. The first-order valence-electron chi connectivity index (χ1n) is 6.77. The number of aliphatic carboxylic acids is 1. The number of carbonyl (C=O) groups excluding carboxylic acids is 1. The van der Waals surface area contributed by atoms with Gasteiger partial charge in [-0.2, -0.15) is 0 Å². The molecule has 1 N–H and O–H groups in total. The number of carbonyl (C=O) groups is 2. The molecule has 1 aromatic rings. The van der Waals surface area contributed by atoms with Crippen molar-refractivity contribution >= 4 is 27.8 Å². The lowest BCUT2D eigenvalue weighted by Crippen LogP contribution is -2.40. The molecule has 1 saturated carbocycles. The fourth-order valence-electron chi connectivity index (χ4n) is 2.47. The minimum atomic E-state index is -0.872. The van der Waals surface area contributed by atoms with Crippen molar-refractivity contribution in [1.82, 2.24) is 4.90 Å². The lowest BCUT2D eigenvalue weighted by Gasteiger charge is -2.26. The fourth-order valence-corrected chi connectivity index (χ4v) is 2.87. The van der Waals surface area contributed by atoms with Crippen molar-refractivity contribution < 1.29 is 14.7 Å². The van der Waals surface area contributed by atoms with Gasteiger partial charge in [0, 0.05) is 17.6 Å². The number of hydrogen-bond donors (Lipinski definition) is 1. The second kappa shape index (κ2) is 5.95. The van der Waals surface area contributed by atoms with Crippen molar-refractivity contribution in [3.8, 4) is 0 Å². The van der Waals surface area contributed by atoms with Crippen LogP contribution in [0.2, 0.25) is 0 Å². The van der Waals surface area contributed by atoms with Crippen LogP contribution in [0.1, 0.15) is 31.7 Å². The molecule has 0 atom stereocenters. The minimum Gasteiger partial charge on any atom is -0.481 e. The summed E-state index contributed by atoms with van der Waals surface area (Å²) in [7, 11) is 0. The fraction of sp³-hybridized carbons (Fsp3) is 0.467. The largest absolute Gasteiger partial charge is 0.481 e. The van der Waals surface area contributed by atoms with Crippen molar-refractivity contribution in [3.63, 3.8) is 0 Å². The molecule has 0 spiro atoms. The topological polar surface area (TPSA) is 57.6 Å². The van der Waals surface area contributed by atoms with E-state index in [0.29, 0.717) is 6.54 Å². The van der Waals surface area contributed by atoms with E-state index in [1.165, 1.54) is 0 Å². The van der Waals surface area contributed by atoms with Crippen molar-refractivity contribution in [3.05, 3.63) is 34.3 Å². The van der Waals surface area contributed by atoms with E-state index in [-0.39, 0.29) is 18.9 Å². The van der Waals surface area contributed by atoms with Crippen LogP contribution in [-0.4, -0.2) is 35.0 Å². The molecule has 1 amide bonds. The lowest BCUT2D eigenvalue weighted by molar-refractivity contribution is -0.139. The molecule has 0 radical (unpaired) electrons. The third kappa shape index (κ3) is 3.03. The molecule has 5 heteroatoms. The number of nitrogens with zero attached hydrogens (tertiary/aromatic N) is 1. The Morgan fingerprint density at radius 3 is 2.60 bits per heavy atom. The quantitative estimate of drug-likeness (QED) is 0.866. The average molecular weight is 340 g/mol. The predicted octanol–water partition coefficient (Wildman–Crippen LogP) is 2.80. The van der Waals surface area contributed by atoms with Gasteiger partial charge in [-0.3, -0.25) is 9.59 Å². The summed E-state index contributed by atoms with van der Waals surface area (Å²) in [5.41, 5.74) is 0.587. The summed E-state index contributed by atoms with van der Waals surface area (Å²) in [5.74, 6) is -0.817. The van der Waals surface area contributed by atoms with Gasteiger partial charge in [0.05, 0.1) is 11.8 Å². The van der Waals surface area contributed by atoms with E-state index in [9.17, 15) is 9.59 Å². The monoisotopic (exact) mass is 339 g/mol. The maximum absolute atomic E-state index is 12.7. The van der Waals surface area contributed by atoms with Crippen LogP contribution in [-0.2, 0) is 15.0 Å². The number of benzene rings is 1. The highest BCUT2D eigenvalue weighted by molar-refractivity contribution is 9.10. The molecule has 0 aromatic heterocycles. The SMILES string of the molecule is CCN(CCC(=O)O)C(=O)C1(c2cccc(Br)c2)CC1. The number of likely N-dealkylation sites (N-methyl/N-ethyl adjacent to an activating group) is 1. The lowest BCUT2D eigenvalue weighted by atomic mass is 9.94. The first kappa shape index (κ1) is 15.0. The van der Waals surface area contributed by atoms with Gasteiger partial charge in [0.15, 0.2) is 0 Å². The summed E-state index contributed by atoms with van der Waals surface area (Å²) in [6.45, 7) is 2.71. The molecule has 1 aliphatic carbocycles. The Bertz CT molecular complexity index is 526. The summed E-state index contributed by atoms with van der Waals surface area (Å²) in [6.07, 6.45) is 1.67. The molecule has 1 aromatic carbocycles. The number of rotatable bonds is 6. The maximum atomic E-state index is 12.7. The molecular weight excluding hydrogens is 322 g/mol. The molecule has 1 aliphatic rings. The van der Waals surface area contributed by atoms with E-state index >= 15 is 0 Å². The molecule has 1 fully saturated rings. The minimum absolute atomic E-state index is 0.00581. The van der Waals surface area contributed by atoms with E-state index in [4.69, 9.17) is 5.11 Å². The highest BCUT2D eigenvalue weighted by atomic mass is 79.9. The molecule has 0 unspecified atom stereocenters. The van der Waals surface area contributed by atoms with E-state index in [2.05, 4.69) is 15.9 Å². The van der Waals surface area contributed by atoms with Crippen LogP contribution in [0.25, 0.3) is 0 Å². The number of amides is 1. The Morgan fingerprint density at radius 1 is 1.40 bits per heavy atom. The normalized spacial score (nSPS) is 15.7. The highest BCUT2D eigenvalue weighted by Gasteiger charge is 2.52. The summed E-state index contributed by atoms with van der Waals surface area (Å²) < 4.78 is 0.961. The molecular formula is C15H18BrNO3. The van der Waals surface area contributed by atoms with Gasteiger partial charge < -0.3 is 10.0 Å². The van der Waals surface area contributed by atoms with E-state index < -0.39 is 11.4 Å². The third-order valence-electron chi connectivity index (χ3n) is 3.80. The summed E-state index contributed by atoms with van der Waals surface area (Å²) >= 11 is 3.43. The van der Waals surface area contributed by atoms with Crippen LogP contribution in [0.15, 0.2) is 28.7 Å². The van der Waals surface area contributed by atoms with E-state index in [0.717, 1.165) is 22.9 Å². The molecule has 0 saturated heterocycles. The maximum Gasteiger partial charge on any atom is 0.305 e. The van der Waals surface area contributed by atoms with Gasteiger partial charge in [0.25, 0.3) is 0 Å². The standard InChI is InChI=1S/C15H18BrNO3/c1-2-17(9-6-13(18)19)14(20)15(7-8-15)11-4-3-5-12(16)10-11/h3-5,10H,2,6-9H2,1H3,(H,18,19). The Hall–Kier alpha value is -1.36. The zero-order chi connectivity index (χ0) is 14.8. The Balaban J connectivity index is 2.16. The molecule has 0 bridgehead atoms. The molecule has 0 aliphatic heterocycles. The van der Waals surface area contributed by atoms with Crippen molar-refractivity contribution in [1.29, 1.82) is 0 Å². The zero-order valence-corrected chi connectivity index (χ0v) is 13.0. The van der Waals surface area contributed by atoms with Gasteiger partial charge in [-0.15, -0.1) is 0 Å². The van der Waals surface area contributed by atoms with Gasteiger partial charge in [0.1, 0.15) is 0 Å². The first-order valence-corrected chi connectivity index (χ1v) is 7.56. The third-order valence-corrected chi connectivity index (χ3v) is 4.29. The first-order chi connectivity index (χ1) is 9.49. The van der Waals surface area contributed by atoms with Crippen molar-refractivity contribution in [2.24, 2.45) is 0 Å². The number of carboxylic acid groups (broad SMARTS) is 1. The van der Waals surface area contributed by atoms with Gasteiger partial charge in [-0.05, 0) is 37.5 Å². The second-order valence-corrected chi connectivity index (χ2v) is 6.04. The molecule has 20 heavy (non-hydrogen) atoms. The zero-order valence-electron chi connectivity index (χ0n) is 11.4. The molecule has 4 nitrogen and oxygen atoms in total. The summed E-state index contributed by atoms with van der Waals surface area (Å²) in [6, 6.07) is 7.82. The molecule has 2 rings (SSSR count). The Labute approximate surface area is 126 Å². The number of carboxylic acids is 1. The van der Waals surface area contributed by atoms with Gasteiger partial charge in [-0.1, -0.05) is 28.1 Å². The van der Waals surface area contributed by atoms with Crippen molar-refractivity contribution in [2.75, 3.05) is 13.1 Å². The highest BCUT2D eigenvalue weighted by Crippen LogP contribution is 2.50. The molecule has 0 heterocycles. The van der Waals surface area contributed by atoms with Crippen LogP contribution < -0.4 is 0 Å². The van der Waals surface area contributed by atoms with Crippen molar-refractivity contribution in [2.45, 2.75) is 31.6 Å². The number of hydrogen-bond acceptors (Lipinski definition) is 2. The summed E-state index contributed by atoms with van der Waals surface area (Å²) in [4.78, 5) is 25.0. The number of halogens is 1. The van der Waals surface area contributed by atoms with Crippen LogP contribution >= 0.6 is 15.9 Å². The van der Waals surface area contributed by atoms with Gasteiger partial charge in [-0.25, -0.2) is 0 Å².